The van der Waals surface area contributed by atoms with Crippen molar-refractivity contribution in [3.05, 3.63) is 35.0 Å². The highest BCUT2D eigenvalue weighted by Crippen LogP contribution is 2.24. The average Bonchev–Trinajstić information content (AvgIpc) is 2.64. The van der Waals surface area contributed by atoms with Gasteiger partial charge in [0.1, 0.15) is 18.1 Å². The standard InChI is InChI=1S/C18H20ClN3O3S/c1-25-16(23)9-15-18(24)20-5-6-22(15)10-12-7-11-3-4-13(26-2)8-14(11)21-17(12)19/h3-4,7-8,15H,5-6,9-10H2,1-2H3,(H,20,24)/p+1/t15-/m1/s1. The number of benzene rings is 1. The van der Waals surface area contributed by atoms with Crippen molar-refractivity contribution in [3.63, 3.8) is 0 Å². The van der Waals surface area contributed by atoms with Gasteiger partial charge in [0.05, 0.1) is 25.7 Å². The van der Waals surface area contributed by atoms with Crippen molar-refractivity contribution in [2.45, 2.75) is 23.9 Å². The first-order chi connectivity index (χ1) is 12.5. The van der Waals surface area contributed by atoms with Crippen LogP contribution in [-0.2, 0) is 20.9 Å². The number of nitrogens with zero attached hydrogens (tertiary/aromatic N) is 1. The van der Waals surface area contributed by atoms with Crippen LogP contribution in [0.3, 0.4) is 0 Å². The molecule has 2 N–H and O–H groups in total. The number of thioether (sulfide) groups is 1. The molecule has 8 heteroatoms. The Labute approximate surface area is 161 Å². The lowest BCUT2D eigenvalue weighted by atomic mass is 10.1. The van der Waals surface area contributed by atoms with Gasteiger partial charge >= 0.3 is 5.97 Å². The fourth-order valence-electron chi connectivity index (χ4n) is 3.19. The third-order valence-electron chi connectivity index (χ3n) is 4.62. The van der Waals surface area contributed by atoms with E-state index in [1.54, 1.807) is 11.8 Å². The Morgan fingerprint density at radius 1 is 1.46 bits per heavy atom. The number of nitrogens with one attached hydrogen (secondary N) is 2. The molecule has 0 saturated carbocycles. The summed E-state index contributed by atoms with van der Waals surface area (Å²) in [4.78, 5) is 30.5. The van der Waals surface area contributed by atoms with Gasteiger partial charge in [0, 0.05) is 15.8 Å². The molecule has 0 bridgehead atoms. The molecule has 1 aromatic heterocycles. The van der Waals surface area contributed by atoms with Crippen LogP contribution in [0.25, 0.3) is 10.9 Å². The van der Waals surface area contributed by atoms with Crippen molar-refractivity contribution in [2.24, 2.45) is 0 Å². The first-order valence-corrected chi connectivity index (χ1v) is 9.94. The van der Waals surface area contributed by atoms with Gasteiger partial charge in [-0.15, -0.1) is 11.8 Å². The molecule has 2 atom stereocenters. The Balaban J connectivity index is 1.87. The highest BCUT2D eigenvalue weighted by molar-refractivity contribution is 7.98. The number of ether oxygens (including phenoxy) is 1. The maximum atomic E-state index is 12.2. The van der Waals surface area contributed by atoms with E-state index in [2.05, 4.69) is 10.3 Å². The second-order valence-electron chi connectivity index (χ2n) is 6.21. The minimum atomic E-state index is -0.484. The zero-order valence-corrected chi connectivity index (χ0v) is 16.2. The summed E-state index contributed by atoms with van der Waals surface area (Å²) in [5.74, 6) is -0.525. The Bertz CT molecular complexity index is 846. The van der Waals surface area contributed by atoms with E-state index < -0.39 is 12.0 Å². The normalized spacial score (nSPS) is 20.0. The van der Waals surface area contributed by atoms with Gasteiger partial charge in [0.15, 0.2) is 6.04 Å². The molecule has 0 spiro atoms. The number of pyridine rings is 1. The first kappa shape index (κ1) is 18.9. The summed E-state index contributed by atoms with van der Waals surface area (Å²) >= 11 is 8.07. The molecular formula is C18H21ClN3O3S+. The molecule has 6 nitrogen and oxygen atoms in total. The van der Waals surface area contributed by atoms with Crippen LogP contribution in [0.1, 0.15) is 12.0 Å². The van der Waals surface area contributed by atoms with E-state index in [0.29, 0.717) is 24.8 Å². The van der Waals surface area contributed by atoms with E-state index in [4.69, 9.17) is 16.3 Å². The molecule has 1 fully saturated rings. The summed E-state index contributed by atoms with van der Waals surface area (Å²) in [6.45, 7) is 1.82. The van der Waals surface area contributed by atoms with Crippen LogP contribution < -0.4 is 10.2 Å². The molecule has 26 heavy (non-hydrogen) atoms. The number of halogens is 1. The lowest BCUT2D eigenvalue weighted by Gasteiger charge is -2.31. The molecular weight excluding hydrogens is 374 g/mol. The number of aromatic nitrogens is 1. The molecule has 2 heterocycles. The number of carbonyl (C=O) groups excluding carboxylic acids is 2. The minimum Gasteiger partial charge on any atom is -0.469 e. The van der Waals surface area contributed by atoms with Gasteiger partial charge in [-0.05, 0) is 24.5 Å². The monoisotopic (exact) mass is 394 g/mol. The van der Waals surface area contributed by atoms with E-state index in [9.17, 15) is 9.59 Å². The molecule has 1 saturated heterocycles. The lowest BCUT2D eigenvalue weighted by molar-refractivity contribution is -0.930. The van der Waals surface area contributed by atoms with Crippen molar-refractivity contribution >= 4 is 46.1 Å². The number of carbonyl (C=O) groups is 2. The zero-order chi connectivity index (χ0) is 18.7. The number of methoxy groups -OCH3 is 1. The summed E-state index contributed by atoms with van der Waals surface area (Å²) in [6.07, 6.45) is 2.07. The van der Waals surface area contributed by atoms with Crippen LogP contribution >= 0.6 is 23.4 Å². The largest absolute Gasteiger partial charge is 0.469 e. The molecule has 0 aliphatic carbocycles. The topological polar surface area (TPSA) is 72.7 Å². The summed E-state index contributed by atoms with van der Waals surface area (Å²) in [5, 5.41) is 4.26. The number of fused-ring (bicyclic) bond motifs is 1. The quantitative estimate of drug-likeness (QED) is 0.450. The van der Waals surface area contributed by atoms with Gasteiger partial charge in [-0.2, -0.15) is 0 Å². The van der Waals surface area contributed by atoms with Crippen molar-refractivity contribution < 1.29 is 19.2 Å². The maximum absolute atomic E-state index is 12.2. The van der Waals surface area contributed by atoms with E-state index in [-0.39, 0.29) is 12.3 Å². The Morgan fingerprint density at radius 2 is 2.27 bits per heavy atom. The summed E-state index contributed by atoms with van der Waals surface area (Å²) in [5.41, 5.74) is 1.72. The van der Waals surface area contributed by atoms with Crippen molar-refractivity contribution in [1.82, 2.24) is 10.3 Å². The average molecular weight is 395 g/mol. The Kier molecular flexibility index (Phi) is 6.01. The minimum absolute atomic E-state index is 0.0490. The molecule has 138 valence electrons. The molecule has 1 aliphatic heterocycles. The number of quaternary nitrogens is 1. The lowest BCUT2D eigenvalue weighted by Crippen LogP contribution is -3.18. The Morgan fingerprint density at radius 3 is 3.00 bits per heavy atom. The van der Waals surface area contributed by atoms with E-state index >= 15 is 0 Å². The van der Waals surface area contributed by atoms with Crippen LogP contribution in [0.5, 0.6) is 0 Å². The second-order valence-corrected chi connectivity index (χ2v) is 7.44. The SMILES string of the molecule is COC(=O)C[C@@H]1C(=O)NCC[NH+]1Cc1cc2ccc(SC)cc2nc1Cl. The molecule has 1 amide bonds. The van der Waals surface area contributed by atoms with Gasteiger partial charge in [0.2, 0.25) is 0 Å². The van der Waals surface area contributed by atoms with Gasteiger partial charge in [-0.1, -0.05) is 17.7 Å². The van der Waals surface area contributed by atoms with Gasteiger partial charge in [-0.3, -0.25) is 9.59 Å². The van der Waals surface area contributed by atoms with Crippen LogP contribution in [-0.4, -0.2) is 49.4 Å². The number of esters is 1. The molecule has 0 radical (unpaired) electrons. The van der Waals surface area contributed by atoms with E-state index in [1.807, 2.05) is 30.5 Å². The Hall–Kier alpha value is -1.83. The third kappa shape index (κ3) is 4.11. The van der Waals surface area contributed by atoms with Crippen molar-refractivity contribution in [3.8, 4) is 0 Å². The number of hydrogen-bond donors (Lipinski definition) is 2. The van der Waals surface area contributed by atoms with E-state index in [1.165, 1.54) is 7.11 Å². The van der Waals surface area contributed by atoms with Crippen LogP contribution in [0, 0.1) is 0 Å². The van der Waals surface area contributed by atoms with Crippen LogP contribution in [0.15, 0.2) is 29.2 Å². The first-order valence-electron chi connectivity index (χ1n) is 8.34. The second kappa shape index (κ2) is 8.24. The summed E-state index contributed by atoms with van der Waals surface area (Å²) in [7, 11) is 1.33. The number of hydrogen-bond acceptors (Lipinski definition) is 5. The van der Waals surface area contributed by atoms with Crippen molar-refractivity contribution in [2.75, 3.05) is 26.5 Å². The van der Waals surface area contributed by atoms with E-state index in [0.717, 1.165) is 26.3 Å². The molecule has 1 unspecified atom stereocenters. The molecule has 1 aromatic carbocycles. The fraction of sp³-hybridized carbons (Fsp3) is 0.389. The predicted octanol–water partition coefficient (Wildman–Crippen LogP) is 1.06. The highest BCUT2D eigenvalue weighted by atomic mass is 35.5. The number of rotatable bonds is 5. The van der Waals surface area contributed by atoms with Crippen LogP contribution in [0.4, 0.5) is 0 Å². The smallest absolute Gasteiger partial charge is 0.312 e. The zero-order valence-electron chi connectivity index (χ0n) is 14.7. The maximum Gasteiger partial charge on any atom is 0.312 e. The van der Waals surface area contributed by atoms with Gasteiger partial charge in [0.25, 0.3) is 5.91 Å². The van der Waals surface area contributed by atoms with Crippen LogP contribution in [0.2, 0.25) is 5.15 Å². The number of piperazine rings is 1. The molecule has 1 aliphatic rings. The third-order valence-corrected chi connectivity index (χ3v) is 5.67. The van der Waals surface area contributed by atoms with Crippen molar-refractivity contribution in [1.29, 1.82) is 0 Å². The highest BCUT2D eigenvalue weighted by Gasteiger charge is 2.36. The van der Waals surface area contributed by atoms with Gasteiger partial charge < -0.3 is 15.0 Å². The van der Waals surface area contributed by atoms with Gasteiger partial charge in [-0.25, -0.2) is 4.98 Å². The summed E-state index contributed by atoms with van der Waals surface area (Å²) < 4.78 is 4.73. The summed E-state index contributed by atoms with van der Waals surface area (Å²) in [6, 6.07) is 7.62. The predicted molar refractivity (Wildman–Crippen MR) is 101 cm³/mol. The fourth-order valence-corrected chi connectivity index (χ4v) is 3.84. The molecule has 2 aromatic rings. The molecule has 3 rings (SSSR count). The number of amides is 1.